The zero-order valence-electron chi connectivity index (χ0n) is 16.6. The van der Waals surface area contributed by atoms with Gasteiger partial charge in [-0.3, -0.25) is 9.20 Å². The van der Waals surface area contributed by atoms with Crippen LogP contribution < -0.4 is 10.6 Å². The molecule has 0 aliphatic carbocycles. The predicted octanol–water partition coefficient (Wildman–Crippen LogP) is 3.41. The molecule has 0 atom stereocenters. The van der Waals surface area contributed by atoms with Gasteiger partial charge in [0.1, 0.15) is 11.3 Å². The lowest BCUT2D eigenvalue weighted by molar-refractivity contribution is 0.102. The Morgan fingerprint density at radius 3 is 2.97 bits per heavy atom. The van der Waals surface area contributed by atoms with E-state index in [2.05, 4.69) is 25.8 Å². The number of pyridine rings is 1. The molecule has 1 aliphatic heterocycles. The van der Waals surface area contributed by atoms with E-state index < -0.39 is 0 Å². The van der Waals surface area contributed by atoms with Crippen molar-refractivity contribution in [1.29, 1.82) is 0 Å². The average molecular weight is 402 g/mol. The Kier molecular flexibility index (Phi) is 4.76. The van der Waals surface area contributed by atoms with Crippen LogP contribution in [0.2, 0.25) is 0 Å². The lowest BCUT2D eigenvalue weighted by atomic mass is 9.98. The number of aryl methyl sites for hydroxylation is 1. The highest BCUT2D eigenvalue weighted by Crippen LogP contribution is 2.28. The quantitative estimate of drug-likeness (QED) is 0.543. The molecule has 4 heterocycles. The monoisotopic (exact) mass is 402 g/mol. The fourth-order valence-corrected chi connectivity index (χ4v) is 3.77. The molecular formula is C22H22N6O2. The Hall–Kier alpha value is -3.52. The van der Waals surface area contributed by atoms with Crippen LogP contribution in [0.25, 0.3) is 17.0 Å². The SMILES string of the molecule is Cc1ccc(-c2noc(C3CCNCC3)n2)cc1NC(=O)c1cnc2ccccn12. The third-order valence-corrected chi connectivity index (χ3v) is 5.52. The molecule has 0 spiro atoms. The number of rotatable bonds is 4. The molecule has 2 N–H and O–H groups in total. The highest BCUT2D eigenvalue weighted by Gasteiger charge is 2.22. The van der Waals surface area contributed by atoms with Gasteiger partial charge in [0.05, 0.1) is 6.20 Å². The van der Waals surface area contributed by atoms with Crippen molar-refractivity contribution >= 4 is 17.2 Å². The van der Waals surface area contributed by atoms with E-state index in [-0.39, 0.29) is 5.91 Å². The second kappa shape index (κ2) is 7.72. The van der Waals surface area contributed by atoms with Crippen molar-refractivity contribution < 1.29 is 9.32 Å². The number of anilines is 1. The molecular weight excluding hydrogens is 380 g/mol. The zero-order valence-corrected chi connectivity index (χ0v) is 16.6. The number of aromatic nitrogens is 4. The summed E-state index contributed by atoms with van der Waals surface area (Å²) in [6.07, 6.45) is 5.39. The van der Waals surface area contributed by atoms with Crippen LogP contribution in [0.1, 0.15) is 40.7 Å². The van der Waals surface area contributed by atoms with E-state index >= 15 is 0 Å². The normalized spacial score (nSPS) is 14.8. The van der Waals surface area contributed by atoms with E-state index in [4.69, 9.17) is 4.52 Å². The molecule has 0 saturated carbocycles. The fourth-order valence-electron chi connectivity index (χ4n) is 3.77. The lowest BCUT2D eigenvalue weighted by Gasteiger charge is -2.18. The molecule has 152 valence electrons. The predicted molar refractivity (Wildman–Crippen MR) is 112 cm³/mol. The summed E-state index contributed by atoms with van der Waals surface area (Å²) >= 11 is 0. The number of fused-ring (bicyclic) bond motifs is 1. The van der Waals surface area contributed by atoms with E-state index in [1.165, 1.54) is 0 Å². The molecule has 1 amide bonds. The molecule has 4 aromatic rings. The van der Waals surface area contributed by atoms with Crippen LogP contribution in [0.5, 0.6) is 0 Å². The van der Waals surface area contributed by atoms with Crippen molar-refractivity contribution in [1.82, 2.24) is 24.8 Å². The minimum atomic E-state index is -0.225. The van der Waals surface area contributed by atoms with Gasteiger partial charge in [-0.25, -0.2) is 4.98 Å². The highest BCUT2D eigenvalue weighted by molar-refractivity contribution is 6.04. The third kappa shape index (κ3) is 3.46. The first-order valence-electron chi connectivity index (χ1n) is 10.1. The molecule has 1 fully saturated rings. The van der Waals surface area contributed by atoms with Crippen molar-refractivity contribution in [2.45, 2.75) is 25.7 Å². The zero-order chi connectivity index (χ0) is 20.5. The molecule has 1 aromatic carbocycles. The average Bonchev–Trinajstić information content (AvgIpc) is 3.43. The molecule has 8 heteroatoms. The van der Waals surface area contributed by atoms with Crippen LogP contribution in [0.4, 0.5) is 5.69 Å². The number of amides is 1. The fraction of sp³-hybridized carbons (Fsp3) is 0.273. The van der Waals surface area contributed by atoms with Crippen LogP contribution in [0.15, 0.2) is 53.3 Å². The first-order valence-corrected chi connectivity index (χ1v) is 10.1. The molecule has 1 saturated heterocycles. The van der Waals surface area contributed by atoms with Gasteiger partial charge in [-0.2, -0.15) is 4.98 Å². The Morgan fingerprint density at radius 2 is 2.10 bits per heavy atom. The van der Waals surface area contributed by atoms with Crippen LogP contribution in [0.3, 0.4) is 0 Å². The maximum absolute atomic E-state index is 12.9. The largest absolute Gasteiger partial charge is 0.339 e. The number of nitrogens with one attached hydrogen (secondary N) is 2. The van der Waals surface area contributed by atoms with Crippen LogP contribution in [-0.4, -0.2) is 38.5 Å². The maximum atomic E-state index is 12.9. The van der Waals surface area contributed by atoms with E-state index in [1.54, 1.807) is 10.6 Å². The molecule has 1 aliphatic rings. The lowest BCUT2D eigenvalue weighted by Crippen LogP contribution is -2.26. The number of benzene rings is 1. The van der Waals surface area contributed by atoms with E-state index in [0.29, 0.717) is 29.0 Å². The summed E-state index contributed by atoms with van der Waals surface area (Å²) in [7, 11) is 0. The Bertz CT molecular complexity index is 1210. The van der Waals surface area contributed by atoms with Gasteiger partial charge in [0.25, 0.3) is 5.91 Å². The summed E-state index contributed by atoms with van der Waals surface area (Å²) in [6.45, 7) is 3.88. The molecule has 30 heavy (non-hydrogen) atoms. The van der Waals surface area contributed by atoms with Crippen LogP contribution >= 0.6 is 0 Å². The summed E-state index contributed by atoms with van der Waals surface area (Å²) in [5, 5.41) is 10.5. The minimum absolute atomic E-state index is 0.225. The van der Waals surface area contributed by atoms with Gasteiger partial charge in [0, 0.05) is 23.4 Å². The first kappa shape index (κ1) is 18.5. The third-order valence-electron chi connectivity index (χ3n) is 5.52. The van der Waals surface area contributed by atoms with E-state index in [1.807, 2.05) is 49.5 Å². The Labute approximate surface area is 173 Å². The van der Waals surface area contributed by atoms with Gasteiger partial charge in [-0.15, -0.1) is 0 Å². The smallest absolute Gasteiger partial charge is 0.274 e. The maximum Gasteiger partial charge on any atom is 0.274 e. The van der Waals surface area contributed by atoms with Crippen LogP contribution in [-0.2, 0) is 0 Å². The van der Waals surface area contributed by atoms with Gasteiger partial charge in [0.2, 0.25) is 11.7 Å². The van der Waals surface area contributed by atoms with Gasteiger partial charge >= 0.3 is 0 Å². The van der Waals surface area contributed by atoms with Gasteiger partial charge in [0.15, 0.2) is 0 Å². The molecule has 8 nitrogen and oxygen atoms in total. The van der Waals surface area contributed by atoms with Crippen molar-refractivity contribution in [3.05, 3.63) is 65.9 Å². The Balaban J connectivity index is 1.40. The number of carbonyl (C=O) groups is 1. The number of imidazole rings is 1. The van der Waals surface area contributed by atoms with Gasteiger partial charge < -0.3 is 15.2 Å². The molecule has 0 bridgehead atoms. The van der Waals surface area contributed by atoms with Crippen molar-refractivity contribution in [2.24, 2.45) is 0 Å². The minimum Gasteiger partial charge on any atom is -0.339 e. The molecule has 5 rings (SSSR count). The Morgan fingerprint density at radius 1 is 1.23 bits per heavy atom. The molecule has 0 unspecified atom stereocenters. The van der Waals surface area contributed by atoms with Gasteiger partial charge in [-0.1, -0.05) is 23.4 Å². The number of piperidine rings is 1. The van der Waals surface area contributed by atoms with E-state index in [0.717, 1.165) is 42.7 Å². The van der Waals surface area contributed by atoms with Gasteiger partial charge in [-0.05, 0) is 56.6 Å². The summed E-state index contributed by atoms with van der Waals surface area (Å²) in [6, 6.07) is 11.4. The van der Waals surface area contributed by atoms with Crippen molar-refractivity contribution in [3.8, 4) is 11.4 Å². The topological polar surface area (TPSA) is 97.4 Å². The van der Waals surface area contributed by atoms with E-state index in [9.17, 15) is 4.79 Å². The second-order valence-electron chi connectivity index (χ2n) is 7.54. The van der Waals surface area contributed by atoms with Crippen molar-refractivity contribution in [2.75, 3.05) is 18.4 Å². The summed E-state index contributed by atoms with van der Waals surface area (Å²) in [5.74, 6) is 1.29. The summed E-state index contributed by atoms with van der Waals surface area (Å²) in [5.41, 5.74) is 3.66. The summed E-state index contributed by atoms with van der Waals surface area (Å²) in [4.78, 5) is 21.8. The molecule has 3 aromatic heterocycles. The van der Waals surface area contributed by atoms with Crippen molar-refractivity contribution in [3.63, 3.8) is 0 Å². The highest BCUT2D eigenvalue weighted by atomic mass is 16.5. The first-order chi connectivity index (χ1) is 14.7. The number of hydrogen-bond acceptors (Lipinski definition) is 6. The number of carbonyl (C=O) groups excluding carboxylic acids is 1. The number of nitrogens with zero attached hydrogens (tertiary/aromatic N) is 4. The standard InChI is InChI=1S/C22H22N6O2/c1-14-5-6-16(20-26-22(30-27-20)15-7-9-23-10-8-15)12-17(14)25-21(29)18-13-24-19-4-2-3-11-28(18)19/h2-6,11-13,15,23H,7-10H2,1H3,(H,25,29). The summed E-state index contributed by atoms with van der Waals surface area (Å²) < 4.78 is 7.29. The molecule has 0 radical (unpaired) electrons. The second-order valence-corrected chi connectivity index (χ2v) is 7.54. The number of hydrogen-bond donors (Lipinski definition) is 2. The van der Waals surface area contributed by atoms with Crippen LogP contribution in [0, 0.1) is 6.92 Å².